The van der Waals surface area contributed by atoms with Crippen molar-refractivity contribution in [3.05, 3.63) is 87.9 Å². The second kappa shape index (κ2) is 19.1. The fourth-order valence-corrected chi connectivity index (χ4v) is 17.8. The minimum absolute atomic E-state index is 0.000446. The lowest BCUT2D eigenvalue weighted by molar-refractivity contribution is -0.129. The molecule has 72 heavy (non-hydrogen) atoms. The molecule has 0 saturated heterocycles. The summed E-state index contributed by atoms with van der Waals surface area (Å²) < 4.78 is 16.2. The summed E-state index contributed by atoms with van der Waals surface area (Å²) in [6, 6.07) is 5.85. The molecule has 11 unspecified atom stereocenters. The number of carbonyl (C=O) groups is 1. The molecule has 6 aliphatic heterocycles. The second-order valence-electron chi connectivity index (χ2n) is 23.0. The minimum atomic E-state index is -1.09. The number of benzene rings is 2. The molecule has 14 rings (SSSR count). The number of ketones is 1. The van der Waals surface area contributed by atoms with Gasteiger partial charge in [-0.25, -0.2) is 0 Å². The molecule has 0 radical (unpaired) electrons. The number of unbranched alkanes of at least 4 members (excludes halogenated alkanes) is 2. The number of nitrogens with one attached hydrogen (secondary N) is 2. The van der Waals surface area contributed by atoms with Crippen molar-refractivity contribution in [3.63, 3.8) is 0 Å². The number of aliphatic hydroxyl groups excluding tert-OH is 3. The van der Waals surface area contributed by atoms with E-state index in [0.29, 0.717) is 42.2 Å². The zero-order valence-corrected chi connectivity index (χ0v) is 43.3. The molecule has 10 bridgehead atoms. The lowest BCUT2D eigenvalue weighted by Gasteiger charge is -2.56. The van der Waals surface area contributed by atoms with Crippen molar-refractivity contribution in [3.8, 4) is 41.1 Å². The first-order valence-corrected chi connectivity index (χ1v) is 29.5. The standard InChI is InChI=1S/C59H70N4O7S2/c1-3-4-5-10-37(53(68)38-12-11-34(2)25-47(38)66)46(65)17-15-35-42-30-71-72-33-59-31-58(21-8-9-22-58)52-40-27-61-44-29-63(28-41(40)44)56-43(16-18-45(64)36-13-14-39(51(59)50(36)52)55(60)62-32-59)57(19-6-7-20-57)23-24-69-49(26-48(35)67)54(42)70-56/h11-14,26-29,34,37-38,43,45,47,52-53,55-56,61-62,64,66-68H,3-10,15,17,19-22,25,30-33,60H2,1-2H3. The van der Waals surface area contributed by atoms with Crippen molar-refractivity contribution < 1.29 is 34.7 Å². The number of aromatic amines is 1. The molecule has 2 aromatic heterocycles. The lowest BCUT2D eigenvalue weighted by Crippen LogP contribution is -2.56. The van der Waals surface area contributed by atoms with Gasteiger partial charge in [0, 0.05) is 88.8 Å². The van der Waals surface area contributed by atoms with Gasteiger partial charge in [-0.15, -0.1) is 0 Å². The Balaban J connectivity index is 1.04. The molecule has 4 aromatic rings. The smallest absolute Gasteiger partial charge is 0.191 e. The minimum Gasteiger partial charge on any atom is -0.508 e. The Kier molecular flexibility index (Phi) is 12.9. The van der Waals surface area contributed by atoms with Gasteiger partial charge in [0.25, 0.3) is 0 Å². The molecular weight excluding hydrogens is 941 g/mol. The van der Waals surface area contributed by atoms with Gasteiger partial charge >= 0.3 is 0 Å². The first kappa shape index (κ1) is 48.6. The molecule has 11 atom stereocenters. The number of ether oxygens (including phenoxy) is 2. The molecule has 0 amide bonds. The van der Waals surface area contributed by atoms with Crippen molar-refractivity contribution in [1.29, 1.82) is 0 Å². The highest BCUT2D eigenvalue weighted by Crippen LogP contribution is 2.66. The summed E-state index contributed by atoms with van der Waals surface area (Å²) in [4.78, 5) is 18.4. The number of hydrogen-bond acceptors (Lipinski definition) is 11. The quantitative estimate of drug-likeness (QED) is 0.0349. The van der Waals surface area contributed by atoms with Gasteiger partial charge in [-0.1, -0.05) is 122 Å². The summed E-state index contributed by atoms with van der Waals surface area (Å²) in [5.74, 6) is 11.2. The van der Waals surface area contributed by atoms with Gasteiger partial charge in [0.2, 0.25) is 0 Å². The van der Waals surface area contributed by atoms with E-state index >= 15 is 0 Å². The van der Waals surface area contributed by atoms with Crippen LogP contribution in [0.15, 0.2) is 48.9 Å². The van der Waals surface area contributed by atoms with E-state index < -0.39 is 47.7 Å². The molecule has 13 heteroatoms. The van der Waals surface area contributed by atoms with E-state index in [1.807, 2.05) is 22.9 Å². The number of phenolic OH excluding ortho intramolecular Hbond substituents is 1. The monoisotopic (exact) mass is 1010 g/mol. The first-order valence-electron chi connectivity index (χ1n) is 27.0. The summed E-state index contributed by atoms with van der Waals surface area (Å²) in [7, 11) is 3.54. The number of nitrogens with zero attached hydrogens (tertiary/aromatic N) is 1. The van der Waals surface area contributed by atoms with Crippen LogP contribution in [-0.4, -0.2) is 60.3 Å². The predicted molar refractivity (Wildman–Crippen MR) is 283 cm³/mol. The molecule has 4 aliphatic carbocycles. The van der Waals surface area contributed by atoms with E-state index in [1.165, 1.54) is 16.7 Å². The Morgan fingerprint density at radius 1 is 1.03 bits per heavy atom. The maximum absolute atomic E-state index is 14.7. The highest BCUT2D eigenvalue weighted by atomic mass is 33.1. The van der Waals surface area contributed by atoms with Gasteiger partial charge in [0.1, 0.15) is 23.7 Å². The first-order chi connectivity index (χ1) is 34.9. The third-order valence-corrected chi connectivity index (χ3v) is 21.1. The topological polar surface area (TPSA) is 175 Å². The van der Waals surface area contributed by atoms with E-state index in [0.717, 1.165) is 110 Å². The van der Waals surface area contributed by atoms with E-state index in [-0.39, 0.29) is 53.2 Å². The van der Waals surface area contributed by atoms with E-state index in [9.17, 15) is 25.2 Å². The van der Waals surface area contributed by atoms with Crippen LogP contribution in [0.25, 0.3) is 10.9 Å². The maximum Gasteiger partial charge on any atom is 0.191 e. The number of carbonyl (C=O) groups excluding carboxylic acids is 1. The average Bonchev–Trinajstić information content (AvgIpc) is 4.20. The average molecular weight is 1010 g/mol. The number of fused-ring (bicyclic) bond motifs is 1. The Bertz CT molecular complexity index is 2930. The van der Waals surface area contributed by atoms with E-state index in [1.54, 1.807) is 16.9 Å². The number of rotatable bonds is 10. The Labute approximate surface area is 431 Å². The number of aliphatic hydroxyl groups is 3. The highest BCUT2D eigenvalue weighted by Gasteiger charge is 2.58. The summed E-state index contributed by atoms with van der Waals surface area (Å²) in [5.41, 5.74) is 14.0. The lowest BCUT2D eigenvalue weighted by atomic mass is 9.51. The van der Waals surface area contributed by atoms with Crippen molar-refractivity contribution in [1.82, 2.24) is 14.9 Å². The molecule has 380 valence electrons. The number of hydrogen-bond donors (Lipinski definition) is 7. The second-order valence-corrected chi connectivity index (χ2v) is 25.5. The van der Waals surface area contributed by atoms with Crippen LogP contribution < -0.4 is 20.5 Å². The summed E-state index contributed by atoms with van der Waals surface area (Å²) in [6.45, 7) is 4.88. The number of nitrogens with two attached hydrogens (primary N) is 1. The molecule has 2 saturated carbocycles. The number of H-pyrrole nitrogens is 1. The summed E-state index contributed by atoms with van der Waals surface area (Å²) in [6.07, 6.45) is 22.7. The Hall–Kier alpha value is -4.31. The molecule has 10 aliphatic rings. The molecule has 8 N–H and O–H groups in total. The molecule has 3 spiro atoms. The summed E-state index contributed by atoms with van der Waals surface area (Å²) >= 11 is 0. The zero-order chi connectivity index (χ0) is 49.5. The van der Waals surface area contributed by atoms with Crippen molar-refractivity contribution >= 4 is 38.3 Å². The largest absolute Gasteiger partial charge is 0.508 e. The van der Waals surface area contributed by atoms with Gasteiger partial charge in [0.05, 0.1) is 35.2 Å². The molecule has 2 aromatic carbocycles. The number of aromatic hydroxyl groups is 1. The number of phenols is 1. The third-order valence-electron chi connectivity index (χ3n) is 18.7. The molecule has 2 fully saturated rings. The van der Waals surface area contributed by atoms with Gasteiger partial charge in [-0.2, -0.15) is 0 Å². The molecule has 8 heterocycles. The van der Waals surface area contributed by atoms with E-state index in [2.05, 4.69) is 83.3 Å². The van der Waals surface area contributed by atoms with Gasteiger partial charge < -0.3 is 45.2 Å². The normalized spacial score (nSPS) is 31.1. The number of Topliss-reactive ketones (excluding diaryl/α,β-unsaturated/α-hetero) is 1. The van der Waals surface area contributed by atoms with Crippen LogP contribution >= 0.6 is 21.6 Å². The van der Waals surface area contributed by atoms with Crippen LogP contribution in [0, 0.1) is 58.4 Å². The highest BCUT2D eigenvalue weighted by molar-refractivity contribution is 8.76. The van der Waals surface area contributed by atoms with E-state index in [4.69, 9.17) is 15.2 Å². The van der Waals surface area contributed by atoms with Crippen LogP contribution in [0.3, 0.4) is 0 Å². The van der Waals surface area contributed by atoms with Gasteiger partial charge in [0.15, 0.2) is 17.7 Å². The zero-order valence-electron chi connectivity index (χ0n) is 41.7. The SMILES string of the molecule is CCCCCC(C(=O)CCc1c(O)cc2c3c1CSSCC14CNC(N)c5ccc6c(c51)C(c1c[nH]c5cn(cc15)C(O3)C(C#CC6O)C1(C#CO2)CCCC1)C1(CCCC1)C4)C(O)C1C=CC(C)CC1O. The Morgan fingerprint density at radius 3 is 2.64 bits per heavy atom. The molecular formula is C59H70N4O7S2. The van der Waals surface area contributed by atoms with Crippen LogP contribution in [0.5, 0.6) is 17.2 Å². The Morgan fingerprint density at radius 2 is 1.83 bits per heavy atom. The van der Waals surface area contributed by atoms with Gasteiger partial charge in [-0.3, -0.25) is 10.1 Å². The third kappa shape index (κ3) is 8.06. The van der Waals surface area contributed by atoms with Crippen molar-refractivity contribution in [2.45, 2.75) is 164 Å². The molecule has 11 nitrogen and oxygen atoms in total. The fraction of sp³-hybridized carbons (Fsp3) is 0.576. The van der Waals surface area contributed by atoms with Crippen LogP contribution in [0.2, 0.25) is 0 Å². The number of aromatic nitrogens is 2. The summed E-state index contributed by atoms with van der Waals surface area (Å²) in [5, 5.41) is 53.1. The predicted octanol–water partition coefficient (Wildman–Crippen LogP) is 10.3. The fourth-order valence-electron chi connectivity index (χ4n) is 15.1. The maximum atomic E-state index is 14.7. The van der Waals surface area contributed by atoms with Crippen LogP contribution in [-0.2, 0) is 22.4 Å². The number of allylic oxidation sites excluding steroid dienone is 1. The van der Waals surface area contributed by atoms with Gasteiger partial charge in [-0.05, 0) is 90.5 Å². The van der Waals surface area contributed by atoms with Crippen molar-refractivity contribution in [2.24, 2.45) is 40.2 Å². The van der Waals surface area contributed by atoms with Crippen LogP contribution in [0.1, 0.15) is 174 Å². The van der Waals surface area contributed by atoms with Crippen LogP contribution in [0.4, 0.5) is 0 Å². The van der Waals surface area contributed by atoms with Crippen molar-refractivity contribution in [2.75, 3.05) is 12.3 Å².